The Kier molecular flexibility index (Phi) is 4.55. The Hall–Kier alpha value is -1.05. The van der Waals surface area contributed by atoms with Crippen molar-refractivity contribution in [3.63, 3.8) is 0 Å². The summed E-state index contributed by atoms with van der Waals surface area (Å²) in [7, 11) is 0. The van der Waals surface area contributed by atoms with Crippen molar-refractivity contribution in [2.24, 2.45) is 0 Å². The molecule has 0 radical (unpaired) electrons. The van der Waals surface area contributed by atoms with Crippen LogP contribution in [-0.4, -0.2) is 40.3 Å². The van der Waals surface area contributed by atoms with Crippen molar-refractivity contribution in [1.29, 1.82) is 0 Å². The first-order valence-electron chi connectivity index (χ1n) is 4.31. The van der Waals surface area contributed by atoms with Gasteiger partial charge in [-0.05, 0) is 6.07 Å². The van der Waals surface area contributed by atoms with Crippen LogP contribution in [0.2, 0.25) is 10.3 Å². The molecule has 0 fully saturated rings. The Balaban J connectivity index is 2.74. The molecule has 0 aliphatic carbocycles. The van der Waals surface area contributed by atoms with E-state index in [9.17, 15) is 13.6 Å². The van der Waals surface area contributed by atoms with E-state index in [1.165, 1.54) is 0 Å². The van der Waals surface area contributed by atoms with Gasteiger partial charge >= 0.3 is 0 Å². The summed E-state index contributed by atoms with van der Waals surface area (Å²) in [6.07, 6.45) is 0. The van der Waals surface area contributed by atoms with Gasteiger partial charge in [0.25, 0.3) is 11.8 Å². The topological polar surface area (TPSA) is 75.1 Å². The lowest BCUT2D eigenvalue weighted by atomic mass is 10.2. The highest BCUT2D eigenvalue weighted by Crippen LogP contribution is 2.16. The third-order valence-corrected chi connectivity index (χ3v) is 2.17. The molecule has 1 amide bonds. The molecule has 9 heteroatoms. The van der Waals surface area contributed by atoms with Gasteiger partial charge in [-0.1, -0.05) is 23.2 Å². The highest BCUT2D eigenvalue weighted by Gasteiger charge is 2.28. The fourth-order valence-electron chi connectivity index (χ4n) is 0.873. The van der Waals surface area contributed by atoms with Crippen molar-refractivity contribution in [2.45, 2.75) is 5.92 Å². The van der Waals surface area contributed by atoms with Gasteiger partial charge in [0.2, 0.25) is 0 Å². The fourth-order valence-corrected chi connectivity index (χ4v) is 1.20. The first-order valence-corrected chi connectivity index (χ1v) is 5.07. The van der Waals surface area contributed by atoms with Crippen LogP contribution in [0.25, 0.3) is 0 Å². The van der Waals surface area contributed by atoms with E-state index >= 15 is 0 Å². The molecule has 2 N–H and O–H groups in total. The van der Waals surface area contributed by atoms with Crippen molar-refractivity contribution in [3.05, 3.63) is 21.9 Å². The van der Waals surface area contributed by atoms with Gasteiger partial charge in [0.05, 0.1) is 12.1 Å². The van der Waals surface area contributed by atoms with Crippen LogP contribution >= 0.6 is 23.2 Å². The number of rotatable bonds is 4. The van der Waals surface area contributed by atoms with Crippen LogP contribution in [0.4, 0.5) is 8.78 Å². The first kappa shape index (κ1) is 14.0. The lowest BCUT2D eigenvalue weighted by Crippen LogP contribution is -2.39. The molecule has 0 saturated carbocycles. The number of aliphatic hydroxyl groups is 1. The van der Waals surface area contributed by atoms with Gasteiger partial charge in [-0.2, -0.15) is 0 Å². The summed E-state index contributed by atoms with van der Waals surface area (Å²) in [4.78, 5) is 11.4. The molecule has 94 valence electrons. The molecule has 0 aliphatic rings. The molecule has 17 heavy (non-hydrogen) atoms. The Morgan fingerprint density at radius 3 is 2.71 bits per heavy atom. The number of nitrogens with one attached hydrogen (secondary N) is 1. The second kappa shape index (κ2) is 5.52. The lowest BCUT2D eigenvalue weighted by molar-refractivity contribution is -0.0462. The second-order valence-electron chi connectivity index (χ2n) is 3.07. The zero-order valence-corrected chi connectivity index (χ0v) is 9.77. The summed E-state index contributed by atoms with van der Waals surface area (Å²) in [6.45, 7) is -2.38. The molecule has 0 saturated heterocycles. The van der Waals surface area contributed by atoms with E-state index in [2.05, 4.69) is 10.2 Å². The Bertz CT molecular complexity index is 431. The molecule has 0 aliphatic heterocycles. The number of hydrogen-bond acceptors (Lipinski definition) is 4. The van der Waals surface area contributed by atoms with Crippen LogP contribution in [0.5, 0.6) is 0 Å². The average molecular weight is 286 g/mol. The molecule has 0 aromatic carbocycles. The van der Waals surface area contributed by atoms with E-state index in [1.54, 1.807) is 0 Å². The zero-order valence-electron chi connectivity index (χ0n) is 8.25. The van der Waals surface area contributed by atoms with Crippen LogP contribution in [0.3, 0.4) is 0 Å². The van der Waals surface area contributed by atoms with Gasteiger partial charge in [0, 0.05) is 0 Å². The van der Waals surface area contributed by atoms with Crippen molar-refractivity contribution < 1.29 is 18.7 Å². The van der Waals surface area contributed by atoms with Crippen molar-refractivity contribution in [3.8, 4) is 0 Å². The van der Waals surface area contributed by atoms with E-state index in [0.29, 0.717) is 0 Å². The normalized spacial score (nSPS) is 11.4. The quantitative estimate of drug-likeness (QED) is 0.870. The van der Waals surface area contributed by atoms with E-state index in [1.807, 2.05) is 5.32 Å². The predicted octanol–water partition coefficient (Wildman–Crippen LogP) is 1.14. The minimum Gasteiger partial charge on any atom is -0.390 e. The number of halogens is 4. The minimum atomic E-state index is -3.40. The number of nitrogens with zero attached hydrogens (tertiary/aromatic N) is 2. The summed E-state index contributed by atoms with van der Waals surface area (Å²) < 4.78 is 25.3. The monoisotopic (exact) mass is 285 g/mol. The molecule has 1 aromatic rings. The maximum absolute atomic E-state index is 12.7. The summed E-state index contributed by atoms with van der Waals surface area (Å²) >= 11 is 11.0. The molecule has 1 rings (SSSR count). The number of aromatic nitrogens is 2. The summed E-state index contributed by atoms with van der Waals surface area (Å²) in [5.74, 6) is -4.27. The number of aliphatic hydroxyl groups excluding tert-OH is 1. The van der Waals surface area contributed by atoms with Gasteiger partial charge in [0.1, 0.15) is 6.61 Å². The van der Waals surface area contributed by atoms with E-state index in [0.717, 1.165) is 6.07 Å². The SMILES string of the molecule is O=C(NCC(F)(F)CO)c1cc(Cl)nnc1Cl. The molecule has 0 unspecified atom stereocenters. The van der Waals surface area contributed by atoms with Gasteiger partial charge < -0.3 is 10.4 Å². The van der Waals surface area contributed by atoms with Crippen molar-refractivity contribution in [2.75, 3.05) is 13.2 Å². The molecular weight excluding hydrogens is 279 g/mol. The Labute approximate surface area is 105 Å². The predicted molar refractivity (Wildman–Crippen MR) is 56.4 cm³/mol. The highest BCUT2D eigenvalue weighted by molar-refractivity contribution is 6.34. The summed E-state index contributed by atoms with van der Waals surface area (Å²) in [5.41, 5.74) is -0.166. The number of hydrogen-bond donors (Lipinski definition) is 2. The second-order valence-corrected chi connectivity index (χ2v) is 3.81. The molecule has 0 spiro atoms. The number of carbonyl (C=O) groups excluding carboxylic acids is 1. The fraction of sp³-hybridized carbons (Fsp3) is 0.375. The van der Waals surface area contributed by atoms with Crippen LogP contribution in [0.1, 0.15) is 10.4 Å². The van der Waals surface area contributed by atoms with Crippen LogP contribution in [-0.2, 0) is 0 Å². The first-order chi connectivity index (χ1) is 7.85. The van der Waals surface area contributed by atoms with Gasteiger partial charge in [-0.25, -0.2) is 8.78 Å². The zero-order chi connectivity index (χ0) is 13.1. The summed E-state index contributed by atoms with van der Waals surface area (Å²) in [5, 5.41) is 16.6. The van der Waals surface area contributed by atoms with Crippen LogP contribution in [0, 0.1) is 0 Å². The summed E-state index contributed by atoms with van der Waals surface area (Å²) in [6, 6.07) is 1.10. The van der Waals surface area contributed by atoms with Crippen LogP contribution in [0.15, 0.2) is 6.07 Å². The maximum Gasteiger partial charge on any atom is 0.287 e. The number of carbonyl (C=O) groups is 1. The molecule has 0 atom stereocenters. The Morgan fingerprint density at radius 2 is 2.12 bits per heavy atom. The van der Waals surface area contributed by atoms with Gasteiger partial charge in [0.15, 0.2) is 10.3 Å². The van der Waals surface area contributed by atoms with Gasteiger partial charge in [-0.15, -0.1) is 10.2 Å². The molecule has 1 heterocycles. The van der Waals surface area contributed by atoms with Crippen molar-refractivity contribution >= 4 is 29.1 Å². The third kappa shape index (κ3) is 4.03. The largest absolute Gasteiger partial charge is 0.390 e. The molecule has 0 bridgehead atoms. The highest BCUT2D eigenvalue weighted by atomic mass is 35.5. The minimum absolute atomic E-state index is 0.0894. The maximum atomic E-state index is 12.7. The molecule has 1 aromatic heterocycles. The Morgan fingerprint density at radius 1 is 1.47 bits per heavy atom. The lowest BCUT2D eigenvalue weighted by Gasteiger charge is -2.14. The van der Waals surface area contributed by atoms with Crippen molar-refractivity contribution in [1.82, 2.24) is 15.5 Å². The standard InChI is InChI=1S/C8H7Cl2F2N3O2/c9-5-1-4(6(10)15-14-5)7(17)13-2-8(11,12)3-16/h1,16H,2-3H2,(H,13,17). The smallest absolute Gasteiger partial charge is 0.287 e. The van der Waals surface area contributed by atoms with E-state index in [4.69, 9.17) is 28.3 Å². The van der Waals surface area contributed by atoms with Crippen LogP contribution < -0.4 is 5.32 Å². The van der Waals surface area contributed by atoms with Gasteiger partial charge in [-0.3, -0.25) is 4.79 Å². The third-order valence-electron chi connectivity index (χ3n) is 1.70. The molecular formula is C8H7Cl2F2N3O2. The van der Waals surface area contributed by atoms with E-state index in [-0.39, 0.29) is 15.9 Å². The van der Waals surface area contributed by atoms with E-state index < -0.39 is 25.0 Å². The number of amides is 1. The average Bonchev–Trinajstić information content (AvgIpc) is 2.29. The molecule has 5 nitrogen and oxygen atoms in total. The number of alkyl halides is 2.